The zero-order valence-corrected chi connectivity index (χ0v) is 14.4. The van der Waals surface area contributed by atoms with Crippen LogP contribution in [-0.4, -0.2) is 22.1 Å². The predicted molar refractivity (Wildman–Crippen MR) is 88.8 cm³/mol. The third kappa shape index (κ3) is 3.90. The first kappa shape index (κ1) is 17.0. The van der Waals surface area contributed by atoms with Crippen LogP contribution in [0.3, 0.4) is 0 Å². The highest BCUT2D eigenvalue weighted by Crippen LogP contribution is 2.27. The van der Waals surface area contributed by atoms with Crippen molar-refractivity contribution in [3.63, 3.8) is 0 Å². The Bertz CT molecular complexity index is 663. The minimum absolute atomic E-state index is 0.337. The fourth-order valence-electron chi connectivity index (χ4n) is 2.84. The number of benzene rings is 1. The van der Waals surface area contributed by atoms with Gasteiger partial charge in [0.1, 0.15) is 5.75 Å². The molecular weight excluding hydrogens is 298 g/mol. The molecule has 0 amide bonds. The molecule has 0 aliphatic heterocycles. The first-order chi connectivity index (χ1) is 10.5. The normalized spacial score (nSPS) is 15.5. The number of ether oxygens (including phenoxy) is 1. The highest BCUT2D eigenvalue weighted by molar-refractivity contribution is 7.89. The summed E-state index contributed by atoms with van der Waals surface area (Å²) in [5.41, 5.74) is 2.97. The van der Waals surface area contributed by atoms with Crippen molar-refractivity contribution < 1.29 is 13.2 Å². The Balaban J connectivity index is 2.07. The van der Waals surface area contributed by atoms with Gasteiger partial charge in [0.15, 0.2) is 0 Å². The molecule has 2 rings (SSSR count). The zero-order valence-electron chi connectivity index (χ0n) is 13.6. The van der Waals surface area contributed by atoms with Gasteiger partial charge in [-0.25, -0.2) is 13.1 Å². The molecule has 1 aliphatic rings. The van der Waals surface area contributed by atoms with Gasteiger partial charge in [-0.2, -0.15) is 0 Å². The summed E-state index contributed by atoms with van der Waals surface area (Å²) >= 11 is 0. The number of rotatable bonds is 6. The van der Waals surface area contributed by atoms with E-state index in [1.54, 1.807) is 19.2 Å². The van der Waals surface area contributed by atoms with E-state index in [1.165, 1.54) is 18.4 Å². The van der Waals surface area contributed by atoms with Crippen molar-refractivity contribution in [1.82, 2.24) is 4.72 Å². The van der Waals surface area contributed by atoms with E-state index < -0.39 is 10.0 Å². The molecule has 4 nitrogen and oxygen atoms in total. The van der Waals surface area contributed by atoms with Crippen molar-refractivity contribution in [2.75, 3.05) is 13.7 Å². The zero-order chi connectivity index (χ0) is 16.2. The highest BCUT2D eigenvalue weighted by atomic mass is 32.2. The van der Waals surface area contributed by atoms with E-state index in [2.05, 4.69) is 10.8 Å². The molecule has 0 spiro atoms. The van der Waals surface area contributed by atoms with Gasteiger partial charge in [0.05, 0.1) is 12.0 Å². The average Bonchev–Trinajstić information content (AvgIpc) is 2.50. The molecule has 0 radical (unpaired) electrons. The Kier molecular flexibility index (Phi) is 5.64. The second kappa shape index (κ2) is 7.29. The van der Waals surface area contributed by atoms with Gasteiger partial charge >= 0.3 is 0 Å². The lowest BCUT2D eigenvalue weighted by Crippen LogP contribution is -2.26. The van der Waals surface area contributed by atoms with Crippen LogP contribution in [0.25, 0.3) is 0 Å². The molecular formula is C17H25NO3S. The largest absolute Gasteiger partial charge is 0.496 e. The van der Waals surface area contributed by atoms with Crippen LogP contribution < -0.4 is 9.46 Å². The average molecular weight is 323 g/mol. The predicted octanol–water partition coefficient (Wildman–Crippen LogP) is 3.48. The van der Waals surface area contributed by atoms with Gasteiger partial charge in [-0.05, 0) is 69.2 Å². The van der Waals surface area contributed by atoms with Crippen LogP contribution in [0.15, 0.2) is 28.7 Å². The Morgan fingerprint density at radius 1 is 1.18 bits per heavy atom. The molecule has 1 aliphatic carbocycles. The monoisotopic (exact) mass is 323 g/mol. The Morgan fingerprint density at radius 3 is 2.59 bits per heavy atom. The molecule has 122 valence electrons. The first-order valence-corrected chi connectivity index (χ1v) is 9.26. The molecule has 1 aromatic carbocycles. The summed E-state index contributed by atoms with van der Waals surface area (Å²) in [6.07, 6.45) is 7.74. The molecule has 0 unspecified atom stereocenters. The fraction of sp³-hybridized carbons (Fsp3) is 0.529. The van der Waals surface area contributed by atoms with Gasteiger partial charge in [0, 0.05) is 6.54 Å². The topological polar surface area (TPSA) is 55.4 Å². The third-order valence-electron chi connectivity index (χ3n) is 4.32. The molecule has 1 N–H and O–H groups in total. The van der Waals surface area contributed by atoms with Crippen LogP contribution >= 0.6 is 0 Å². The van der Waals surface area contributed by atoms with Crippen LogP contribution in [-0.2, 0) is 10.0 Å². The second-order valence-corrected chi connectivity index (χ2v) is 7.51. The Morgan fingerprint density at radius 2 is 1.95 bits per heavy atom. The van der Waals surface area contributed by atoms with Crippen molar-refractivity contribution in [2.45, 2.75) is 50.8 Å². The summed E-state index contributed by atoms with van der Waals surface area (Å²) in [4.78, 5) is 0.337. The van der Waals surface area contributed by atoms with E-state index in [-0.39, 0.29) is 0 Å². The molecule has 0 heterocycles. The van der Waals surface area contributed by atoms with Gasteiger partial charge < -0.3 is 4.74 Å². The fourth-order valence-corrected chi connectivity index (χ4v) is 4.17. The molecule has 0 aromatic heterocycles. The number of nitrogens with one attached hydrogen (secondary N) is 1. The van der Waals surface area contributed by atoms with Gasteiger partial charge in [0.2, 0.25) is 10.0 Å². The van der Waals surface area contributed by atoms with Crippen LogP contribution in [0.5, 0.6) is 5.75 Å². The minimum atomic E-state index is -3.47. The van der Waals surface area contributed by atoms with E-state index in [0.717, 1.165) is 30.4 Å². The summed E-state index contributed by atoms with van der Waals surface area (Å²) in [7, 11) is -1.88. The third-order valence-corrected chi connectivity index (χ3v) is 5.93. The van der Waals surface area contributed by atoms with Crippen LogP contribution in [0.2, 0.25) is 0 Å². The van der Waals surface area contributed by atoms with Crippen molar-refractivity contribution in [2.24, 2.45) is 0 Å². The van der Waals surface area contributed by atoms with E-state index >= 15 is 0 Å². The smallest absolute Gasteiger partial charge is 0.240 e. The van der Waals surface area contributed by atoms with Gasteiger partial charge in [-0.3, -0.25) is 0 Å². The molecule has 1 aromatic rings. The molecule has 5 heteroatoms. The summed E-state index contributed by atoms with van der Waals surface area (Å²) < 4.78 is 32.9. The van der Waals surface area contributed by atoms with Crippen molar-refractivity contribution in [3.05, 3.63) is 34.9 Å². The Hall–Kier alpha value is -1.33. The van der Waals surface area contributed by atoms with Gasteiger partial charge in [-0.15, -0.1) is 0 Å². The molecule has 0 saturated heterocycles. The summed E-state index contributed by atoms with van der Waals surface area (Å²) in [5, 5.41) is 0. The van der Waals surface area contributed by atoms with Crippen LogP contribution in [0.1, 0.15) is 43.2 Å². The minimum Gasteiger partial charge on any atom is -0.496 e. The van der Waals surface area contributed by atoms with Crippen LogP contribution in [0, 0.1) is 13.8 Å². The summed E-state index contributed by atoms with van der Waals surface area (Å²) in [5.74, 6) is 0.712. The molecule has 0 bridgehead atoms. The van der Waals surface area contributed by atoms with Crippen molar-refractivity contribution >= 4 is 10.0 Å². The molecule has 0 atom stereocenters. The standard InChI is InChI=1S/C17H25NO3S/c1-13-14(2)17(10-9-16(13)21-3)22(19,20)18-12-11-15-7-5-4-6-8-15/h7,9-10,18H,4-6,8,11-12H2,1-3H3. The lowest BCUT2D eigenvalue weighted by molar-refractivity contribution is 0.410. The molecule has 0 fully saturated rings. The van der Waals surface area contributed by atoms with Gasteiger partial charge in [0.25, 0.3) is 0 Å². The second-order valence-electron chi connectivity index (χ2n) is 5.77. The highest BCUT2D eigenvalue weighted by Gasteiger charge is 2.19. The van der Waals surface area contributed by atoms with Crippen molar-refractivity contribution in [3.8, 4) is 5.75 Å². The molecule has 22 heavy (non-hydrogen) atoms. The molecule has 0 saturated carbocycles. The van der Waals surface area contributed by atoms with E-state index in [9.17, 15) is 8.42 Å². The quantitative estimate of drug-likeness (QED) is 0.815. The first-order valence-electron chi connectivity index (χ1n) is 7.77. The number of allylic oxidation sites excluding steroid dienone is 1. The Labute approximate surface area is 133 Å². The van der Waals surface area contributed by atoms with Crippen molar-refractivity contribution in [1.29, 1.82) is 0 Å². The summed E-state index contributed by atoms with van der Waals surface area (Å²) in [6, 6.07) is 3.32. The lowest BCUT2D eigenvalue weighted by Gasteiger charge is -2.15. The maximum absolute atomic E-state index is 12.5. The maximum atomic E-state index is 12.5. The maximum Gasteiger partial charge on any atom is 0.240 e. The number of hydrogen-bond donors (Lipinski definition) is 1. The number of methoxy groups -OCH3 is 1. The number of hydrogen-bond acceptors (Lipinski definition) is 3. The lowest BCUT2D eigenvalue weighted by atomic mass is 9.97. The van der Waals surface area contributed by atoms with E-state index in [0.29, 0.717) is 17.2 Å². The number of sulfonamides is 1. The van der Waals surface area contributed by atoms with E-state index in [4.69, 9.17) is 4.74 Å². The SMILES string of the molecule is COc1ccc(S(=O)(=O)NCCC2=CCCCC2)c(C)c1C. The van der Waals surface area contributed by atoms with E-state index in [1.807, 2.05) is 13.8 Å². The van der Waals surface area contributed by atoms with Crippen LogP contribution in [0.4, 0.5) is 0 Å². The summed E-state index contributed by atoms with van der Waals surface area (Å²) in [6.45, 7) is 4.15. The van der Waals surface area contributed by atoms with Gasteiger partial charge in [-0.1, -0.05) is 11.6 Å².